The fourth-order valence-corrected chi connectivity index (χ4v) is 4.85. The molecule has 0 fully saturated rings. The molecule has 6 nitrogen and oxygen atoms in total. The van der Waals surface area contributed by atoms with Crippen molar-refractivity contribution in [1.29, 1.82) is 0 Å². The Morgan fingerprint density at radius 2 is 1.72 bits per heavy atom. The van der Waals surface area contributed by atoms with Crippen molar-refractivity contribution in [2.75, 3.05) is 25.6 Å². The summed E-state index contributed by atoms with van der Waals surface area (Å²) in [5.41, 5.74) is 1.19. The molecule has 0 bridgehead atoms. The quantitative estimate of drug-likeness (QED) is 0.407. The number of carbonyl (C=O) groups excluding carboxylic acids is 1. The number of carbonyl (C=O) groups is 1. The zero-order valence-electron chi connectivity index (χ0n) is 17.5. The van der Waals surface area contributed by atoms with Gasteiger partial charge in [-0.3, -0.25) is 4.79 Å². The van der Waals surface area contributed by atoms with Crippen LogP contribution in [0.5, 0.6) is 5.75 Å². The molecule has 0 saturated carbocycles. The first-order valence-corrected chi connectivity index (χ1v) is 12.2. The second kappa shape index (κ2) is 10.5. The second-order valence-corrected chi connectivity index (χ2v) is 10.2. The van der Waals surface area contributed by atoms with E-state index in [0.717, 1.165) is 8.78 Å². The topological polar surface area (TPSA) is 66.9 Å². The van der Waals surface area contributed by atoms with Gasteiger partial charge in [0.2, 0.25) is 15.9 Å². The van der Waals surface area contributed by atoms with Crippen molar-refractivity contribution in [3.8, 4) is 5.75 Å². The summed E-state index contributed by atoms with van der Waals surface area (Å²) in [6.07, 6.45) is 0. The number of rotatable bonds is 8. The van der Waals surface area contributed by atoms with Crippen LogP contribution < -0.4 is 9.64 Å². The third kappa shape index (κ3) is 5.69. The zero-order valence-corrected chi connectivity index (χ0v) is 20.7. The maximum atomic E-state index is 13.4. The maximum Gasteiger partial charge on any atom is 0.243 e. The van der Waals surface area contributed by atoms with Crippen molar-refractivity contribution in [3.63, 3.8) is 0 Å². The van der Waals surface area contributed by atoms with Gasteiger partial charge < -0.3 is 9.64 Å². The molecule has 0 radical (unpaired) electrons. The Kier molecular flexibility index (Phi) is 7.95. The van der Waals surface area contributed by atoms with Crippen LogP contribution >= 0.6 is 27.5 Å². The van der Waals surface area contributed by atoms with Crippen LogP contribution in [-0.4, -0.2) is 39.3 Å². The highest BCUT2D eigenvalue weighted by molar-refractivity contribution is 9.10. The highest BCUT2D eigenvalue weighted by Crippen LogP contribution is 2.25. The Hall–Kier alpha value is -2.39. The molecule has 0 aliphatic rings. The van der Waals surface area contributed by atoms with E-state index in [-0.39, 0.29) is 18.0 Å². The first-order valence-electron chi connectivity index (χ1n) is 9.62. The number of halogens is 2. The van der Waals surface area contributed by atoms with E-state index < -0.39 is 15.9 Å². The minimum Gasteiger partial charge on any atom is -0.497 e. The summed E-state index contributed by atoms with van der Waals surface area (Å²) in [6.45, 7) is -0.410. The molecule has 0 heterocycles. The summed E-state index contributed by atoms with van der Waals surface area (Å²) in [4.78, 5) is 14.6. The largest absolute Gasteiger partial charge is 0.497 e. The summed E-state index contributed by atoms with van der Waals surface area (Å²) < 4.78 is 34.0. The molecule has 0 aliphatic carbocycles. The standard InChI is InChI=1S/C23H22BrClN2O4S/c1-26(19-7-5-8-20(14-19)31-2)23(28)16-27(15-17-6-3-4-9-22(17)25)32(29,30)21-12-10-18(24)11-13-21/h3-14H,15-16H2,1-2H3. The van der Waals surface area contributed by atoms with Gasteiger partial charge in [-0.1, -0.05) is 51.8 Å². The lowest BCUT2D eigenvalue weighted by atomic mass is 10.2. The Labute approximate surface area is 201 Å². The van der Waals surface area contributed by atoms with E-state index in [0.29, 0.717) is 22.0 Å². The molecule has 3 rings (SSSR count). The molecule has 1 amide bonds. The second-order valence-electron chi connectivity index (χ2n) is 6.97. The molecular formula is C23H22BrClN2O4S. The van der Waals surface area contributed by atoms with Gasteiger partial charge in [0, 0.05) is 34.8 Å². The number of hydrogen-bond acceptors (Lipinski definition) is 4. The van der Waals surface area contributed by atoms with Gasteiger partial charge in [0.25, 0.3) is 0 Å². The number of benzene rings is 3. The lowest BCUT2D eigenvalue weighted by Gasteiger charge is -2.25. The van der Waals surface area contributed by atoms with Crippen LogP contribution in [0.25, 0.3) is 0 Å². The highest BCUT2D eigenvalue weighted by Gasteiger charge is 2.29. The van der Waals surface area contributed by atoms with Crippen molar-refractivity contribution in [2.45, 2.75) is 11.4 Å². The van der Waals surface area contributed by atoms with Crippen LogP contribution in [0, 0.1) is 0 Å². The number of hydrogen-bond donors (Lipinski definition) is 0. The molecule has 3 aromatic carbocycles. The average molecular weight is 538 g/mol. The van der Waals surface area contributed by atoms with Crippen LogP contribution in [0.3, 0.4) is 0 Å². The predicted octanol–water partition coefficient (Wildman–Crippen LogP) is 4.97. The van der Waals surface area contributed by atoms with Crippen molar-refractivity contribution in [3.05, 3.63) is 87.9 Å². The van der Waals surface area contributed by atoms with E-state index in [1.54, 1.807) is 67.7 Å². The normalized spacial score (nSPS) is 11.4. The molecule has 0 saturated heterocycles. The Balaban J connectivity index is 1.93. The van der Waals surface area contributed by atoms with Crippen LogP contribution in [0.2, 0.25) is 5.02 Å². The van der Waals surface area contributed by atoms with Gasteiger partial charge >= 0.3 is 0 Å². The lowest BCUT2D eigenvalue weighted by Crippen LogP contribution is -2.41. The number of methoxy groups -OCH3 is 1. The van der Waals surface area contributed by atoms with Gasteiger partial charge in [-0.2, -0.15) is 4.31 Å². The van der Waals surface area contributed by atoms with E-state index in [1.807, 2.05) is 0 Å². The number of likely N-dealkylation sites (N-methyl/N-ethyl adjacent to an activating group) is 1. The molecule has 0 spiro atoms. The van der Waals surface area contributed by atoms with Gasteiger partial charge in [-0.05, 0) is 48.0 Å². The minimum absolute atomic E-state index is 0.0459. The molecule has 0 aliphatic heterocycles. The molecule has 0 unspecified atom stereocenters. The van der Waals surface area contributed by atoms with Crippen LogP contribution in [0.15, 0.2) is 82.2 Å². The molecule has 168 valence electrons. The number of amides is 1. The summed E-state index contributed by atoms with van der Waals surface area (Å²) in [7, 11) is -0.842. The Morgan fingerprint density at radius 1 is 1.03 bits per heavy atom. The van der Waals surface area contributed by atoms with E-state index in [2.05, 4.69) is 15.9 Å². The van der Waals surface area contributed by atoms with E-state index >= 15 is 0 Å². The van der Waals surface area contributed by atoms with Gasteiger partial charge in [0.1, 0.15) is 5.75 Å². The van der Waals surface area contributed by atoms with Gasteiger partial charge in [-0.25, -0.2) is 8.42 Å². The summed E-state index contributed by atoms with van der Waals surface area (Å²) in [6, 6.07) is 20.2. The maximum absolute atomic E-state index is 13.4. The van der Waals surface area contributed by atoms with Crippen molar-refractivity contribution in [2.24, 2.45) is 0 Å². The summed E-state index contributed by atoms with van der Waals surface area (Å²) in [5, 5.41) is 0.428. The molecule has 0 atom stereocenters. The third-order valence-electron chi connectivity index (χ3n) is 4.88. The molecule has 0 N–H and O–H groups in total. The van der Waals surface area contributed by atoms with Crippen molar-refractivity contribution in [1.82, 2.24) is 4.31 Å². The monoisotopic (exact) mass is 536 g/mol. The fraction of sp³-hybridized carbons (Fsp3) is 0.174. The molecule has 32 heavy (non-hydrogen) atoms. The minimum atomic E-state index is -3.97. The average Bonchev–Trinajstić information content (AvgIpc) is 2.79. The fourth-order valence-electron chi connectivity index (χ4n) is 3.02. The number of anilines is 1. The first kappa shape index (κ1) is 24.3. The van der Waals surface area contributed by atoms with E-state index in [1.165, 1.54) is 24.1 Å². The lowest BCUT2D eigenvalue weighted by molar-refractivity contribution is -0.118. The molecular weight excluding hydrogens is 516 g/mol. The van der Waals surface area contributed by atoms with Crippen LogP contribution in [0.1, 0.15) is 5.56 Å². The summed E-state index contributed by atoms with van der Waals surface area (Å²) in [5.74, 6) is 0.198. The van der Waals surface area contributed by atoms with Crippen LogP contribution in [-0.2, 0) is 21.4 Å². The number of ether oxygens (including phenoxy) is 1. The summed E-state index contributed by atoms with van der Waals surface area (Å²) >= 11 is 9.59. The number of nitrogens with zero attached hydrogens (tertiary/aromatic N) is 2. The molecule has 3 aromatic rings. The van der Waals surface area contributed by atoms with Gasteiger partial charge in [-0.15, -0.1) is 0 Å². The Morgan fingerprint density at radius 3 is 2.38 bits per heavy atom. The Bertz CT molecular complexity index is 1200. The van der Waals surface area contributed by atoms with Crippen molar-refractivity contribution < 1.29 is 17.9 Å². The predicted molar refractivity (Wildman–Crippen MR) is 130 cm³/mol. The van der Waals surface area contributed by atoms with Gasteiger partial charge in [0.05, 0.1) is 18.6 Å². The SMILES string of the molecule is COc1cccc(N(C)C(=O)CN(Cc2ccccc2Cl)S(=O)(=O)c2ccc(Br)cc2)c1. The highest BCUT2D eigenvalue weighted by atomic mass is 79.9. The van der Waals surface area contributed by atoms with E-state index in [4.69, 9.17) is 16.3 Å². The third-order valence-corrected chi connectivity index (χ3v) is 7.59. The molecule has 0 aromatic heterocycles. The van der Waals surface area contributed by atoms with E-state index in [9.17, 15) is 13.2 Å². The van der Waals surface area contributed by atoms with Crippen molar-refractivity contribution >= 4 is 49.1 Å². The first-order chi connectivity index (χ1) is 15.2. The number of sulfonamides is 1. The van der Waals surface area contributed by atoms with Gasteiger partial charge in [0.15, 0.2) is 0 Å². The van der Waals surface area contributed by atoms with Crippen LogP contribution in [0.4, 0.5) is 5.69 Å². The zero-order chi connectivity index (χ0) is 23.3. The molecule has 9 heteroatoms. The smallest absolute Gasteiger partial charge is 0.243 e.